The van der Waals surface area contributed by atoms with Crippen molar-refractivity contribution in [1.82, 2.24) is 20.0 Å². The van der Waals surface area contributed by atoms with Gasteiger partial charge >= 0.3 is 0 Å². The summed E-state index contributed by atoms with van der Waals surface area (Å²) < 4.78 is 20.2. The van der Waals surface area contributed by atoms with Crippen molar-refractivity contribution in [1.29, 1.82) is 0 Å². The molecular formula is C21H22FN5O2. The van der Waals surface area contributed by atoms with Gasteiger partial charge in [-0.3, -0.25) is 4.79 Å². The van der Waals surface area contributed by atoms with E-state index >= 15 is 4.39 Å². The highest BCUT2D eigenvalue weighted by Crippen LogP contribution is 2.26. The van der Waals surface area contributed by atoms with Crippen molar-refractivity contribution < 1.29 is 13.7 Å². The van der Waals surface area contributed by atoms with Crippen LogP contribution in [0, 0.1) is 19.7 Å². The van der Waals surface area contributed by atoms with E-state index < -0.39 is 5.82 Å². The molecule has 1 aliphatic rings. The summed E-state index contributed by atoms with van der Waals surface area (Å²) in [6, 6.07) is 9.21. The van der Waals surface area contributed by atoms with E-state index in [9.17, 15) is 4.79 Å². The second-order valence-corrected chi connectivity index (χ2v) is 7.07. The zero-order valence-electron chi connectivity index (χ0n) is 16.4. The summed E-state index contributed by atoms with van der Waals surface area (Å²) in [6.45, 7) is 5.67. The molecule has 3 aromatic rings. The highest BCUT2D eigenvalue weighted by Gasteiger charge is 2.26. The number of carbonyl (C=O) groups excluding carboxylic acids is 1. The van der Waals surface area contributed by atoms with E-state index in [1.807, 2.05) is 49.1 Å². The second kappa shape index (κ2) is 7.98. The number of rotatable bonds is 4. The van der Waals surface area contributed by atoms with Gasteiger partial charge in [-0.25, -0.2) is 14.4 Å². The van der Waals surface area contributed by atoms with Gasteiger partial charge in [-0.15, -0.1) is 0 Å². The maximum absolute atomic E-state index is 15.1. The summed E-state index contributed by atoms with van der Waals surface area (Å²) in [5.41, 5.74) is 2.58. The summed E-state index contributed by atoms with van der Waals surface area (Å²) in [4.78, 5) is 24.6. The van der Waals surface area contributed by atoms with Crippen LogP contribution in [0.5, 0.6) is 0 Å². The number of hydrogen-bond acceptors (Lipinski definition) is 6. The van der Waals surface area contributed by atoms with Crippen molar-refractivity contribution in [3.8, 4) is 11.3 Å². The van der Waals surface area contributed by atoms with E-state index in [1.165, 1.54) is 6.33 Å². The van der Waals surface area contributed by atoms with Crippen molar-refractivity contribution in [2.45, 2.75) is 20.3 Å². The average Bonchev–Trinajstić information content (AvgIpc) is 3.07. The number of piperazine rings is 1. The maximum atomic E-state index is 15.1. The van der Waals surface area contributed by atoms with Gasteiger partial charge in [0.1, 0.15) is 17.8 Å². The highest BCUT2D eigenvalue weighted by atomic mass is 19.1. The standard InChI is InChI=1S/C21H22FN5O2/c1-14-17(15(2)29-25-14)12-18(28)26-8-10-27(11-9-26)21-19(22)20(23-13-24-21)16-6-4-3-5-7-16/h3-7,13H,8-12H2,1-2H3. The van der Waals surface area contributed by atoms with E-state index in [2.05, 4.69) is 15.1 Å². The average molecular weight is 395 g/mol. The molecule has 0 unspecified atom stereocenters. The van der Waals surface area contributed by atoms with Crippen LogP contribution in [0.2, 0.25) is 0 Å². The molecule has 1 fully saturated rings. The molecule has 0 saturated carbocycles. The Kier molecular flexibility index (Phi) is 5.24. The number of anilines is 1. The minimum Gasteiger partial charge on any atom is -0.361 e. The lowest BCUT2D eigenvalue weighted by atomic mass is 10.1. The third kappa shape index (κ3) is 3.83. The Morgan fingerprint density at radius 3 is 2.48 bits per heavy atom. The van der Waals surface area contributed by atoms with Crippen molar-refractivity contribution in [2.24, 2.45) is 0 Å². The van der Waals surface area contributed by atoms with Crippen LogP contribution in [0.15, 0.2) is 41.2 Å². The fraction of sp³-hybridized carbons (Fsp3) is 0.333. The fourth-order valence-corrected chi connectivity index (χ4v) is 3.56. The van der Waals surface area contributed by atoms with Crippen molar-refractivity contribution in [2.75, 3.05) is 31.1 Å². The Morgan fingerprint density at radius 2 is 1.83 bits per heavy atom. The lowest BCUT2D eigenvalue weighted by Crippen LogP contribution is -2.49. The smallest absolute Gasteiger partial charge is 0.227 e. The monoisotopic (exact) mass is 395 g/mol. The van der Waals surface area contributed by atoms with Gasteiger partial charge in [0.15, 0.2) is 11.6 Å². The third-order valence-corrected chi connectivity index (χ3v) is 5.26. The summed E-state index contributed by atoms with van der Waals surface area (Å²) in [7, 11) is 0. The van der Waals surface area contributed by atoms with Crippen LogP contribution in [0.1, 0.15) is 17.0 Å². The quantitative estimate of drug-likeness (QED) is 0.676. The Morgan fingerprint density at radius 1 is 1.10 bits per heavy atom. The second-order valence-electron chi connectivity index (χ2n) is 7.07. The normalized spacial score (nSPS) is 14.3. The molecule has 0 spiro atoms. The number of benzene rings is 1. The molecule has 1 saturated heterocycles. The molecule has 29 heavy (non-hydrogen) atoms. The largest absolute Gasteiger partial charge is 0.361 e. The molecule has 3 heterocycles. The molecular weight excluding hydrogens is 373 g/mol. The molecule has 8 heteroatoms. The maximum Gasteiger partial charge on any atom is 0.227 e. The highest BCUT2D eigenvalue weighted by molar-refractivity contribution is 5.79. The molecule has 0 N–H and O–H groups in total. The molecule has 1 amide bonds. The minimum absolute atomic E-state index is 0.0205. The number of amides is 1. The predicted octanol–water partition coefficient (Wildman–Crippen LogP) is 2.78. The SMILES string of the molecule is Cc1noc(C)c1CC(=O)N1CCN(c2ncnc(-c3ccccc3)c2F)CC1. The summed E-state index contributed by atoms with van der Waals surface area (Å²) in [5, 5.41) is 3.90. The number of aryl methyl sites for hydroxylation is 2. The van der Waals surface area contributed by atoms with Gasteiger partial charge in [0.25, 0.3) is 0 Å². The number of hydrogen-bond donors (Lipinski definition) is 0. The zero-order valence-corrected chi connectivity index (χ0v) is 16.4. The topological polar surface area (TPSA) is 75.4 Å². The summed E-state index contributed by atoms with van der Waals surface area (Å²) in [5.74, 6) is 0.532. The molecule has 150 valence electrons. The Bertz CT molecular complexity index is 994. The van der Waals surface area contributed by atoms with E-state index in [4.69, 9.17) is 4.52 Å². The molecule has 0 radical (unpaired) electrons. The predicted molar refractivity (Wildman–Crippen MR) is 106 cm³/mol. The van der Waals surface area contributed by atoms with Gasteiger partial charge in [-0.2, -0.15) is 0 Å². The Labute approximate surface area is 168 Å². The van der Waals surface area contributed by atoms with Crippen LogP contribution < -0.4 is 4.90 Å². The molecule has 2 aromatic heterocycles. The van der Waals surface area contributed by atoms with Gasteiger partial charge in [-0.1, -0.05) is 35.5 Å². The third-order valence-electron chi connectivity index (χ3n) is 5.26. The fourth-order valence-electron chi connectivity index (χ4n) is 3.56. The van der Waals surface area contributed by atoms with E-state index in [0.29, 0.717) is 37.5 Å². The minimum atomic E-state index is -0.436. The van der Waals surface area contributed by atoms with Gasteiger partial charge in [0.2, 0.25) is 5.91 Å². The number of carbonyl (C=O) groups is 1. The van der Waals surface area contributed by atoms with Crippen molar-refractivity contribution in [3.05, 3.63) is 59.5 Å². The van der Waals surface area contributed by atoms with Gasteiger partial charge in [0.05, 0.1) is 12.1 Å². The van der Waals surface area contributed by atoms with Crippen molar-refractivity contribution in [3.63, 3.8) is 0 Å². The summed E-state index contributed by atoms with van der Waals surface area (Å²) in [6.07, 6.45) is 1.65. The first-order valence-corrected chi connectivity index (χ1v) is 9.55. The summed E-state index contributed by atoms with van der Waals surface area (Å²) >= 11 is 0. The molecule has 1 aromatic carbocycles. The molecule has 0 aliphatic carbocycles. The molecule has 7 nitrogen and oxygen atoms in total. The first-order valence-electron chi connectivity index (χ1n) is 9.55. The number of halogens is 1. The van der Waals surface area contributed by atoms with Crippen LogP contribution >= 0.6 is 0 Å². The Hall–Kier alpha value is -3.29. The van der Waals surface area contributed by atoms with Crippen LogP contribution in [0.4, 0.5) is 10.2 Å². The number of aromatic nitrogens is 3. The van der Waals surface area contributed by atoms with Crippen molar-refractivity contribution >= 4 is 11.7 Å². The van der Waals surface area contributed by atoms with Gasteiger partial charge in [0, 0.05) is 37.3 Å². The zero-order chi connectivity index (χ0) is 20.4. The van der Waals surface area contributed by atoms with Crippen LogP contribution in [-0.4, -0.2) is 52.1 Å². The Balaban J connectivity index is 1.44. The molecule has 0 bridgehead atoms. The first kappa shape index (κ1) is 19.0. The van der Waals surface area contributed by atoms with E-state index in [1.54, 1.807) is 4.90 Å². The van der Waals surface area contributed by atoms with Crippen LogP contribution in [0.25, 0.3) is 11.3 Å². The van der Waals surface area contributed by atoms with Crippen LogP contribution in [-0.2, 0) is 11.2 Å². The lowest BCUT2D eigenvalue weighted by molar-refractivity contribution is -0.130. The van der Waals surface area contributed by atoms with Gasteiger partial charge in [-0.05, 0) is 13.8 Å². The molecule has 4 rings (SSSR count). The lowest BCUT2D eigenvalue weighted by Gasteiger charge is -2.35. The molecule has 1 aliphatic heterocycles. The van der Waals surface area contributed by atoms with E-state index in [0.717, 1.165) is 11.3 Å². The van der Waals surface area contributed by atoms with Gasteiger partial charge < -0.3 is 14.3 Å². The number of nitrogens with zero attached hydrogens (tertiary/aromatic N) is 5. The first-order chi connectivity index (χ1) is 14.0. The van der Waals surface area contributed by atoms with Crippen LogP contribution in [0.3, 0.4) is 0 Å². The van der Waals surface area contributed by atoms with E-state index in [-0.39, 0.29) is 23.8 Å². The molecule has 0 atom stereocenters.